The van der Waals surface area contributed by atoms with E-state index < -0.39 is 11.7 Å². The zero-order valence-corrected chi connectivity index (χ0v) is 22.8. The van der Waals surface area contributed by atoms with Crippen LogP contribution in [0.3, 0.4) is 0 Å². The summed E-state index contributed by atoms with van der Waals surface area (Å²) in [4.78, 5) is 6.85. The lowest BCUT2D eigenvalue weighted by Gasteiger charge is -2.41. The van der Waals surface area contributed by atoms with Gasteiger partial charge in [0.25, 0.3) is 0 Å². The number of methoxy groups -OCH3 is 1. The van der Waals surface area contributed by atoms with Gasteiger partial charge in [-0.3, -0.25) is 9.88 Å². The number of nitrogens with two attached hydrogens (primary N) is 1. The van der Waals surface area contributed by atoms with Crippen molar-refractivity contribution in [2.45, 2.75) is 38.0 Å². The largest absolute Gasteiger partial charge is 0.492 e. The fourth-order valence-corrected chi connectivity index (χ4v) is 5.62. The van der Waals surface area contributed by atoms with Crippen LogP contribution in [0.5, 0.6) is 5.75 Å². The second kappa shape index (κ2) is 11.5. The van der Waals surface area contributed by atoms with Crippen molar-refractivity contribution in [2.24, 2.45) is 0 Å². The molecule has 3 aromatic carbocycles. The number of likely N-dealkylation sites (tertiary alicyclic amines) is 1. The first-order valence-electron chi connectivity index (χ1n) is 13.5. The molecule has 4 aromatic rings. The van der Waals surface area contributed by atoms with Crippen molar-refractivity contribution in [3.05, 3.63) is 89.6 Å². The summed E-state index contributed by atoms with van der Waals surface area (Å²) in [5.41, 5.74) is 9.21. The maximum absolute atomic E-state index is 13.9. The number of aromatic nitrogens is 1. The molecule has 0 saturated carbocycles. The van der Waals surface area contributed by atoms with Crippen LogP contribution in [0.4, 0.5) is 18.9 Å². The summed E-state index contributed by atoms with van der Waals surface area (Å²) < 4.78 is 53.5. The number of fused-ring (bicyclic) bond motifs is 1. The van der Waals surface area contributed by atoms with Gasteiger partial charge in [-0.15, -0.1) is 0 Å². The molecule has 0 amide bonds. The Labute approximate surface area is 232 Å². The van der Waals surface area contributed by atoms with Crippen molar-refractivity contribution in [2.75, 3.05) is 39.1 Å². The maximum Gasteiger partial charge on any atom is 0.416 e. The van der Waals surface area contributed by atoms with Crippen molar-refractivity contribution in [1.29, 1.82) is 0 Å². The number of nitrogens with zero attached hydrogens (tertiary/aromatic N) is 2. The number of alkyl halides is 3. The first kappa shape index (κ1) is 27.9. The lowest BCUT2D eigenvalue weighted by atomic mass is 9.85. The van der Waals surface area contributed by atoms with Crippen LogP contribution in [0.2, 0.25) is 0 Å². The smallest absolute Gasteiger partial charge is 0.416 e. The third-order valence-electron chi connectivity index (χ3n) is 7.88. The first-order valence-corrected chi connectivity index (χ1v) is 13.5. The molecule has 1 aliphatic rings. The Balaban J connectivity index is 1.29. The Morgan fingerprint density at radius 3 is 2.38 bits per heavy atom. The summed E-state index contributed by atoms with van der Waals surface area (Å²) >= 11 is 0. The monoisotopic (exact) mass is 549 g/mol. The third kappa shape index (κ3) is 6.08. The Morgan fingerprint density at radius 1 is 0.975 bits per heavy atom. The SMILES string of the molecule is COC1(Cc2ccccc2)CCN(CCOc2cc(-c3c(C)nc4ccccc4c3N)cc(C(F)(F)F)c2)CC1. The van der Waals surface area contributed by atoms with E-state index in [1.54, 1.807) is 20.1 Å². The number of para-hydroxylation sites is 1. The summed E-state index contributed by atoms with van der Waals surface area (Å²) in [5.74, 6) is 0.157. The average Bonchev–Trinajstić information content (AvgIpc) is 2.94. The molecule has 5 nitrogen and oxygen atoms in total. The molecule has 2 heterocycles. The van der Waals surface area contributed by atoms with Gasteiger partial charge in [0.15, 0.2) is 0 Å². The molecule has 210 valence electrons. The highest BCUT2D eigenvalue weighted by Gasteiger charge is 2.35. The Hall–Kier alpha value is -3.62. The molecule has 2 N–H and O–H groups in total. The summed E-state index contributed by atoms with van der Waals surface area (Å²) in [5, 5.41) is 0.701. The van der Waals surface area contributed by atoms with Crippen LogP contribution in [0.15, 0.2) is 72.8 Å². The highest BCUT2D eigenvalue weighted by atomic mass is 19.4. The molecule has 0 spiro atoms. The van der Waals surface area contributed by atoms with Gasteiger partial charge in [0.1, 0.15) is 12.4 Å². The van der Waals surface area contributed by atoms with Crippen LogP contribution < -0.4 is 10.5 Å². The van der Waals surface area contributed by atoms with Crippen LogP contribution in [-0.4, -0.2) is 48.8 Å². The van der Waals surface area contributed by atoms with Gasteiger partial charge in [0.05, 0.1) is 22.4 Å². The molecule has 8 heteroatoms. The first-order chi connectivity index (χ1) is 19.2. The number of hydrogen-bond acceptors (Lipinski definition) is 5. The number of halogens is 3. The minimum absolute atomic E-state index is 0.157. The fourth-order valence-electron chi connectivity index (χ4n) is 5.62. The number of anilines is 1. The molecule has 1 saturated heterocycles. The molecule has 5 rings (SSSR count). The second-order valence-electron chi connectivity index (χ2n) is 10.5. The quantitative estimate of drug-likeness (QED) is 0.259. The minimum Gasteiger partial charge on any atom is -0.492 e. The van der Waals surface area contributed by atoms with E-state index in [9.17, 15) is 13.2 Å². The topological polar surface area (TPSA) is 60.6 Å². The van der Waals surface area contributed by atoms with Crippen molar-refractivity contribution in [3.8, 4) is 16.9 Å². The number of nitrogen functional groups attached to an aromatic ring is 1. The average molecular weight is 550 g/mol. The molecular weight excluding hydrogens is 515 g/mol. The summed E-state index contributed by atoms with van der Waals surface area (Å²) in [6.07, 6.45) is -1.93. The summed E-state index contributed by atoms with van der Waals surface area (Å²) in [6, 6.07) is 21.5. The second-order valence-corrected chi connectivity index (χ2v) is 10.5. The van der Waals surface area contributed by atoms with Gasteiger partial charge in [-0.1, -0.05) is 48.5 Å². The highest BCUT2D eigenvalue weighted by Crippen LogP contribution is 2.40. The third-order valence-corrected chi connectivity index (χ3v) is 7.88. The van der Waals surface area contributed by atoms with Crippen LogP contribution in [0, 0.1) is 6.92 Å². The predicted octanol–water partition coefficient (Wildman–Crippen LogP) is 6.91. The summed E-state index contributed by atoms with van der Waals surface area (Å²) in [6.45, 7) is 4.29. The number of piperidine rings is 1. The van der Waals surface area contributed by atoms with E-state index in [0.29, 0.717) is 40.0 Å². The van der Waals surface area contributed by atoms with Crippen molar-refractivity contribution in [3.63, 3.8) is 0 Å². The Bertz CT molecular complexity index is 1470. The van der Waals surface area contributed by atoms with Crippen LogP contribution in [-0.2, 0) is 17.3 Å². The van der Waals surface area contributed by atoms with Crippen molar-refractivity contribution >= 4 is 16.6 Å². The minimum atomic E-state index is -4.53. The van der Waals surface area contributed by atoms with Gasteiger partial charge in [0.2, 0.25) is 0 Å². The zero-order valence-electron chi connectivity index (χ0n) is 22.8. The van der Waals surface area contributed by atoms with E-state index in [1.807, 2.05) is 42.5 Å². The van der Waals surface area contributed by atoms with Gasteiger partial charge in [-0.05, 0) is 55.2 Å². The zero-order chi connectivity index (χ0) is 28.3. The van der Waals surface area contributed by atoms with E-state index in [4.69, 9.17) is 15.2 Å². The Kier molecular flexibility index (Phi) is 8.01. The van der Waals surface area contributed by atoms with E-state index >= 15 is 0 Å². The number of aryl methyl sites for hydroxylation is 1. The van der Waals surface area contributed by atoms with E-state index in [2.05, 4.69) is 22.0 Å². The van der Waals surface area contributed by atoms with E-state index in [0.717, 1.165) is 44.5 Å². The van der Waals surface area contributed by atoms with E-state index in [-0.39, 0.29) is 18.0 Å². The number of pyridine rings is 1. The molecule has 40 heavy (non-hydrogen) atoms. The van der Waals surface area contributed by atoms with Crippen molar-refractivity contribution < 1.29 is 22.6 Å². The van der Waals surface area contributed by atoms with Gasteiger partial charge < -0.3 is 15.2 Å². The highest BCUT2D eigenvalue weighted by molar-refractivity contribution is 5.99. The normalized spacial score (nSPS) is 15.8. The van der Waals surface area contributed by atoms with E-state index in [1.165, 1.54) is 5.56 Å². The predicted molar refractivity (Wildman–Crippen MR) is 152 cm³/mol. The molecular formula is C32H34F3N3O2. The molecule has 1 aliphatic heterocycles. The molecule has 1 aromatic heterocycles. The Morgan fingerprint density at radius 2 is 1.68 bits per heavy atom. The van der Waals surface area contributed by atoms with Gasteiger partial charge >= 0.3 is 6.18 Å². The molecule has 0 radical (unpaired) electrons. The summed E-state index contributed by atoms with van der Waals surface area (Å²) in [7, 11) is 1.77. The molecule has 0 unspecified atom stereocenters. The van der Waals surface area contributed by atoms with Crippen LogP contribution >= 0.6 is 0 Å². The van der Waals surface area contributed by atoms with Gasteiger partial charge in [-0.2, -0.15) is 13.2 Å². The number of ether oxygens (including phenoxy) is 2. The van der Waals surface area contributed by atoms with Crippen LogP contribution in [0.1, 0.15) is 29.7 Å². The molecule has 0 aliphatic carbocycles. The lowest BCUT2D eigenvalue weighted by molar-refractivity contribution is -0.137. The molecule has 0 atom stereocenters. The van der Waals surface area contributed by atoms with Gasteiger partial charge in [-0.25, -0.2) is 0 Å². The number of benzene rings is 3. The molecule has 0 bridgehead atoms. The molecule has 1 fully saturated rings. The fraction of sp³-hybridized carbons (Fsp3) is 0.344. The standard InChI is InChI=1S/C32H34F3N3O2/c1-22-29(30(36)27-10-6-7-11-28(27)37-22)24-18-25(32(33,34)35)20-26(19-24)40-17-16-38-14-12-31(39-2,13-15-38)21-23-8-4-3-5-9-23/h3-11,18-20H,12-17,21H2,1-2H3,(H2,36,37). The number of hydrogen-bond donors (Lipinski definition) is 1. The van der Waals surface area contributed by atoms with Crippen molar-refractivity contribution in [1.82, 2.24) is 9.88 Å². The van der Waals surface area contributed by atoms with Crippen LogP contribution in [0.25, 0.3) is 22.0 Å². The lowest BCUT2D eigenvalue weighted by Crippen LogP contribution is -2.47. The maximum atomic E-state index is 13.9. The number of rotatable bonds is 8. The van der Waals surface area contributed by atoms with Gasteiger partial charge in [0, 0.05) is 49.8 Å².